The molecule has 1 atom stereocenters. The highest BCUT2D eigenvalue weighted by Crippen LogP contribution is 2.40. The van der Waals surface area contributed by atoms with Crippen molar-refractivity contribution in [2.45, 2.75) is 19.9 Å². The van der Waals surface area contributed by atoms with E-state index in [1.807, 2.05) is 41.8 Å². The SMILES string of the molecule is CCOC(=O)C1=C(C)Nc2nc3ccccc3n2[C@@H]1c1ccc(Cl)c(Cl)c1. The number of fused-ring (bicyclic) bond motifs is 3. The summed E-state index contributed by atoms with van der Waals surface area (Å²) in [6, 6.07) is 12.7. The molecule has 4 rings (SSSR count). The smallest absolute Gasteiger partial charge is 0.338 e. The number of anilines is 1. The summed E-state index contributed by atoms with van der Waals surface area (Å²) in [5.41, 5.74) is 3.80. The molecular weight excluding hydrogens is 385 g/mol. The quantitative estimate of drug-likeness (QED) is 0.613. The Bertz CT molecular complexity index is 1090. The van der Waals surface area contributed by atoms with Crippen LogP contribution < -0.4 is 5.32 Å². The van der Waals surface area contributed by atoms with E-state index >= 15 is 0 Å². The van der Waals surface area contributed by atoms with Crippen molar-refractivity contribution < 1.29 is 9.53 Å². The molecule has 138 valence electrons. The van der Waals surface area contributed by atoms with Crippen LogP contribution in [0.25, 0.3) is 11.0 Å². The lowest BCUT2D eigenvalue weighted by Gasteiger charge is -2.30. The third-order valence-electron chi connectivity index (χ3n) is 4.59. The van der Waals surface area contributed by atoms with Crippen molar-refractivity contribution in [1.29, 1.82) is 0 Å². The normalized spacial score (nSPS) is 16.2. The van der Waals surface area contributed by atoms with E-state index in [1.165, 1.54) is 0 Å². The van der Waals surface area contributed by atoms with Gasteiger partial charge in [-0.15, -0.1) is 0 Å². The standard InChI is InChI=1S/C20H17Cl2N3O2/c1-3-27-19(26)17-11(2)23-20-24-15-6-4-5-7-16(15)25(20)18(17)12-8-9-13(21)14(22)10-12/h4-10,18H,3H2,1-2H3,(H,23,24)/t18-/m1/s1. The number of benzene rings is 2. The molecule has 3 aromatic rings. The van der Waals surface area contributed by atoms with Gasteiger partial charge in [0, 0.05) is 5.70 Å². The second kappa shape index (κ2) is 6.91. The molecule has 0 bridgehead atoms. The first-order valence-corrected chi connectivity index (χ1v) is 9.33. The number of halogens is 2. The summed E-state index contributed by atoms with van der Waals surface area (Å²) in [6.45, 7) is 3.93. The third-order valence-corrected chi connectivity index (χ3v) is 5.32. The molecule has 0 unspecified atom stereocenters. The molecule has 0 saturated heterocycles. The number of allylic oxidation sites excluding steroid dienone is 1. The van der Waals surface area contributed by atoms with Crippen LogP contribution in [0.2, 0.25) is 10.0 Å². The molecule has 5 nitrogen and oxygen atoms in total. The molecule has 0 fully saturated rings. The monoisotopic (exact) mass is 401 g/mol. The van der Waals surface area contributed by atoms with Crippen molar-refractivity contribution in [3.05, 3.63) is 69.3 Å². The lowest BCUT2D eigenvalue weighted by atomic mass is 9.95. The number of aromatic nitrogens is 2. The lowest BCUT2D eigenvalue weighted by Crippen LogP contribution is -2.29. The van der Waals surface area contributed by atoms with Crippen LogP contribution in [0.4, 0.5) is 5.95 Å². The third kappa shape index (κ3) is 2.97. The number of ether oxygens (including phenoxy) is 1. The van der Waals surface area contributed by atoms with Crippen LogP contribution in [0.5, 0.6) is 0 Å². The number of carbonyl (C=O) groups is 1. The van der Waals surface area contributed by atoms with Crippen molar-refractivity contribution in [3.8, 4) is 0 Å². The number of imidazole rings is 1. The van der Waals surface area contributed by atoms with Crippen LogP contribution in [0.3, 0.4) is 0 Å². The molecule has 0 spiro atoms. The maximum Gasteiger partial charge on any atom is 0.338 e. The van der Waals surface area contributed by atoms with Gasteiger partial charge in [0.15, 0.2) is 0 Å². The molecular formula is C20H17Cl2N3O2. The van der Waals surface area contributed by atoms with Crippen LogP contribution in [0.1, 0.15) is 25.5 Å². The second-order valence-electron chi connectivity index (χ2n) is 6.25. The van der Waals surface area contributed by atoms with Gasteiger partial charge in [-0.25, -0.2) is 9.78 Å². The molecule has 1 aliphatic heterocycles. The molecule has 27 heavy (non-hydrogen) atoms. The van der Waals surface area contributed by atoms with Gasteiger partial charge in [-0.1, -0.05) is 41.4 Å². The summed E-state index contributed by atoms with van der Waals surface area (Å²) in [4.78, 5) is 17.5. The van der Waals surface area contributed by atoms with Gasteiger partial charge in [0.1, 0.15) is 0 Å². The maximum absolute atomic E-state index is 12.8. The maximum atomic E-state index is 12.8. The largest absolute Gasteiger partial charge is 0.463 e. The molecule has 0 radical (unpaired) electrons. The zero-order valence-electron chi connectivity index (χ0n) is 14.8. The van der Waals surface area contributed by atoms with Gasteiger partial charge in [-0.2, -0.15) is 0 Å². The van der Waals surface area contributed by atoms with Gasteiger partial charge in [-0.05, 0) is 43.7 Å². The zero-order chi connectivity index (χ0) is 19.1. The van der Waals surface area contributed by atoms with Crippen molar-refractivity contribution in [2.75, 3.05) is 11.9 Å². The predicted molar refractivity (Wildman–Crippen MR) is 107 cm³/mol. The number of rotatable bonds is 3. The summed E-state index contributed by atoms with van der Waals surface area (Å²) >= 11 is 12.4. The topological polar surface area (TPSA) is 56.1 Å². The van der Waals surface area contributed by atoms with Crippen LogP contribution in [0.15, 0.2) is 53.7 Å². The Balaban J connectivity index is 1.99. The average molecular weight is 402 g/mol. The molecule has 1 aromatic heterocycles. The first kappa shape index (κ1) is 17.9. The van der Waals surface area contributed by atoms with Crippen molar-refractivity contribution in [3.63, 3.8) is 0 Å². The van der Waals surface area contributed by atoms with E-state index < -0.39 is 6.04 Å². The Morgan fingerprint density at radius 1 is 1.22 bits per heavy atom. The fourth-order valence-electron chi connectivity index (χ4n) is 3.44. The van der Waals surface area contributed by atoms with E-state index in [4.69, 9.17) is 27.9 Å². The Morgan fingerprint density at radius 2 is 2.00 bits per heavy atom. The summed E-state index contributed by atoms with van der Waals surface area (Å²) in [5.74, 6) is 0.292. The minimum atomic E-state index is -0.428. The summed E-state index contributed by atoms with van der Waals surface area (Å²) in [7, 11) is 0. The highest BCUT2D eigenvalue weighted by molar-refractivity contribution is 6.42. The number of hydrogen-bond acceptors (Lipinski definition) is 4. The Hall–Kier alpha value is -2.50. The average Bonchev–Trinajstić information content (AvgIpc) is 3.00. The minimum absolute atomic E-state index is 0.293. The van der Waals surface area contributed by atoms with Crippen LogP contribution in [-0.4, -0.2) is 22.1 Å². The van der Waals surface area contributed by atoms with Gasteiger partial charge < -0.3 is 10.1 Å². The summed E-state index contributed by atoms with van der Waals surface area (Å²) in [5, 5.41) is 4.13. The van der Waals surface area contributed by atoms with Crippen molar-refractivity contribution in [1.82, 2.24) is 9.55 Å². The summed E-state index contributed by atoms with van der Waals surface area (Å²) < 4.78 is 7.33. The number of esters is 1. The van der Waals surface area contributed by atoms with E-state index in [1.54, 1.807) is 19.1 Å². The summed E-state index contributed by atoms with van der Waals surface area (Å²) in [6.07, 6.45) is 0. The first-order valence-electron chi connectivity index (χ1n) is 8.58. The molecule has 0 amide bonds. The number of carbonyl (C=O) groups excluding carboxylic acids is 1. The Kier molecular flexibility index (Phi) is 4.58. The van der Waals surface area contributed by atoms with Crippen molar-refractivity contribution >= 4 is 46.2 Å². The highest BCUT2D eigenvalue weighted by atomic mass is 35.5. The van der Waals surface area contributed by atoms with Crippen molar-refractivity contribution in [2.24, 2.45) is 0 Å². The minimum Gasteiger partial charge on any atom is -0.463 e. The molecule has 0 saturated carbocycles. The zero-order valence-corrected chi connectivity index (χ0v) is 16.3. The van der Waals surface area contributed by atoms with E-state index in [2.05, 4.69) is 10.3 Å². The van der Waals surface area contributed by atoms with E-state index in [-0.39, 0.29) is 5.97 Å². The van der Waals surface area contributed by atoms with Gasteiger partial charge in [0.25, 0.3) is 0 Å². The molecule has 2 aromatic carbocycles. The van der Waals surface area contributed by atoms with Crippen LogP contribution in [-0.2, 0) is 9.53 Å². The molecule has 1 aliphatic rings. The Morgan fingerprint density at radius 3 is 2.74 bits per heavy atom. The van der Waals surface area contributed by atoms with E-state index in [9.17, 15) is 4.79 Å². The van der Waals surface area contributed by atoms with Gasteiger partial charge in [0.05, 0.1) is 39.3 Å². The van der Waals surface area contributed by atoms with Gasteiger partial charge in [-0.3, -0.25) is 4.57 Å². The number of hydrogen-bond donors (Lipinski definition) is 1. The number of para-hydroxylation sites is 2. The molecule has 2 heterocycles. The molecule has 1 N–H and O–H groups in total. The van der Waals surface area contributed by atoms with Crippen LogP contribution >= 0.6 is 23.2 Å². The highest BCUT2D eigenvalue weighted by Gasteiger charge is 2.35. The molecule has 0 aliphatic carbocycles. The first-order chi connectivity index (χ1) is 13.0. The Labute approximate surface area is 166 Å². The van der Waals surface area contributed by atoms with Crippen LogP contribution in [0, 0.1) is 0 Å². The van der Waals surface area contributed by atoms with E-state index in [0.717, 1.165) is 16.6 Å². The van der Waals surface area contributed by atoms with Gasteiger partial charge >= 0.3 is 5.97 Å². The van der Waals surface area contributed by atoms with E-state index in [0.29, 0.717) is 33.9 Å². The lowest BCUT2D eigenvalue weighted by molar-refractivity contribution is -0.139. The fourth-order valence-corrected chi connectivity index (χ4v) is 3.74. The number of nitrogens with one attached hydrogen (secondary N) is 1. The van der Waals surface area contributed by atoms with Gasteiger partial charge in [0.2, 0.25) is 5.95 Å². The predicted octanol–water partition coefficient (Wildman–Crippen LogP) is 5.20. The fraction of sp³-hybridized carbons (Fsp3) is 0.200. The number of nitrogens with zero attached hydrogens (tertiary/aromatic N) is 2. The molecule has 7 heteroatoms. The second-order valence-corrected chi connectivity index (χ2v) is 7.07.